The molecule has 2 bridgehead atoms. The van der Waals surface area contributed by atoms with E-state index in [-0.39, 0.29) is 41.6 Å². The Kier molecular flexibility index (Phi) is 4.50. The summed E-state index contributed by atoms with van der Waals surface area (Å²) in [6.07, 6.45) is 3.06. The number of rotatable bonds is 5. The maximum atomic E-state index is 12.9. The summed E-state index contributed by atoms with van der Waals surface area (Å²) in [6.45, 7) is -0.347. The summed E-state index contributed by atoms with van der Waals surface area (Å²) in [5.41, 5.74) is 1.22. The van der Waals surface area contributed by atoms with Gasteiger partial charge >= 0.3 is 5.97 Å². The fraction of sp³-hybridized carbons (Fsp3) is 0.333. The number of Topliss-reactive ketones (excluding diaryl/α,β-unsaturated/α-hetero) is 1. The normalized spacial score (nSPS) is 26.7. The molecule has 3 fully saturated rings. The van der Waals surface area contributed by atoms with Crippen molar-refractivity contribution in [3.8, 4) is 0 Å². The summed E-state index contributed by atoms with van der Waals surface area (Å²) in [4.78, 5) is 51.4. The topological polar surface area (TPSA) is 80.8 Å². The minimum absolute atomic E-state index is 0.110. The number of anilines is 1. The Balaban J connectivity index is 1.26. The smallest absolute Gasteiger partial charge is 0.338 e. The van der Waals surface area contributed by atoms with Crippen LogP contribution in [-0.4, -0.2) is 30.2 Å². The van der Waals surface area contributed by atoms with Crippen LogP contribution in [0.5, 0.6) is 0 Å². The highest BCUT2D eigenvalue weighted by Crippen LogP contribution is 2.56. The molecule has 6 nitrogen and oxygen atoms in total. The van der Waals surface area contributed by atoms with E-state index >= 15 is 0 Å². The number of benzene rings is 2. The van der Waals surface area contributed by atoms with Crippen molar-refractivity contribution in [2.45, 2.75) is 19.3 Å². The van der Waals surface area contributed by atoms with E-state index in [1.54, 1.807) is 42.5 Å². The Labute approximate surface area is 173 Å². The lowest BCUT2D eigenvalue weighted by Gasteiger charge is -2.19. The van der Waals surface area contributed by atoms with E-state index in [2.05, 4.69) is 0 Å². The molecule has 2 aromatic rings. The van der Waals surface area contributed by atoms with Crippen LogP contribution in [0.15, 0.2) is 54.6 Å². The number of imide groups is 1. The molecule has 0 unspecified atom stereocenters. The molecule has 30 heavy (non-hydrogen) atoms. The van der Waals surface area contributed by atoms with Crippen LogP contribution in [0.4, 0.5) is 5.69 Å². The van der Waals surface area contributed by atoms with Crippen LogP contribution >= 0.6 is 0 Å². The molecule has 4 atom stereocenters. The van der Waals surface area contributed by atoms with E-state index in [9.17, 15) is 19.2 Å². The van der Waals surface area contributed by atoms with Gasteiger partial charge in [-0.15, -0.1) is 0 Å². The number of nitrogens with zero attached hydrogens (tertiary/aromatic N) is 1. The zero-order chi connectivity index (χ0) is 20.8. The molecule has 1 saturated heterocycles. The monoisotopic (exact) mass is 403 g/mol. The predicted octanol–water partition coefficient (Wildman–Crippen LogP) is 3.26. The Morgan fingerprint density at radius 1 is 0.833 bits per heavy atom. The lowest BCUT2D eigenvalue weighted by Crippen LogP contribution is -2.32. The molecule has 3 aliphatic rings. The minimum Gasteiger partial charge on any atom is -0.454 e. The quantitative estimate of drug-likeness (QED) is 0.435. The fourth-order valence-corrected chi connectivity index (χ4v) is 5.33. The second-order valence-electron chi connectivity index (χ2n) is 8.31. The maximum Gasteiger partial charge on any atom is 0.338 e. The molecule has 152 valence electrons. The van der Waals surface area contributed by atoms with Gasteiger partial charge in [0.25, 0.3) is 0 Å². The summed E-state index contributed by atoms with van der Waals surface area (Å²) in [6, 6.07) is 14.8. The number of hydrogen-bond acceptors (Lipinski definition) is 5. The van der Waals surface area contributed by atoms with Crippen molar-refractivity contribution >= 4 is 29.3 Å². The van der Waals surface area contributed by atoms with Crippen molar-refractivity contribution in [3.05, 3.63) is 65.7 Å². The summed E-state index contributed by atoms with van der Waals surface area (Å²) < 4.78 is 5.11. The zero-order valence-corrected chi connectivity index (χ0v) is 16.3. The van der Waals surface area contributed by atoms with Gasteiger partial charge in [-0.05, 0) is 55.4 Å². The number of amides is 2. The average Bonchev–Trinajstić information content (AvgIpc) is 3.46. The minimum atomic E-state index is -0.625. The number of carbonyl (C=O) groups excluding carboxylic acids is 4. The summed E-state index contributed by atoms with van der Waals surface area (Å²) in [7, 11) is 0. The number of fused-ring (bicyclic) bond motifs is 5. The van der Waals surface area contributed by atoms with E-state index in [0.717, 1.165) is 19.3 Å². The Morgan fingerprint density at radius 2 is 1.43 bits per heavy atom. The zero-order valence-electron chi connectivity index (χ0n) is 16.3. The van der Waals surface area contributed by atoms with Crippen LogP contribution in [0.1, 0.15) is 40.0 Å². The van der Waals surface area contributed by atoms with E-state index < -0.39 is 5.97 Å². The number of ether oxygens (including phenoxy) is 1. The number of carbonyl (C=O) groups is 4. The van der Waals surface area contributed by atoms with E-state index in [4.69, 9.17) is 4.74 Å². The average molecular weight is 403 g/mol. The largest absolute Gasteiger partial charge is 0.454 e. The molecule has 2 aromatic carbocycles. The van der Waals surface area contributed by atoms with Crippen molar-refractivity contribution < 1.29 is 23.9 Å². The molecule has 1 heterocycles. The van der Waals surface area contributed by atoms with Crippen molar-refractivity contribution in [3.63, 3.8) is 0 Å². The molecule has 0 aromatic heterocycles. The molecule has 6 heteroatoms. The van der Waals surface area contributed by atoms with Gasteiger partial charge in [0.15, 0.2) is 12.4 Å². The molecule has 2 amide bonds. The van der Waals surface area contributed by atoms with Gasteiger partial charge in [0.1, 0.15) is 0 Å². The third-order valence-electron chi connectivity index (χ3n) is 6.72. The van der Waals surface area contributed by atoms with Gasteiger partial charge in [0, 0.05) is 5.56 Å². The fourth-order valence-electron chi connectivity index (χ4n) is 5.33. The molecule has 2 aliphatic carbocycles. The number of hydrogen-bond donors (Lipinski definition) is 0. The van der Waals surface area contributed by atoms with Gasteiger partial charge in [0.2, 0.25) is 11.8 Å². The van der Waals surface area contributed by atoms with Crippen LogP contribution in [0.2, 0.25) is 0 Å². The van der Waals surface area contributed by atoms with Gasteiger partial charge < -0.3 is 4.74 Å². The third kappa shape index (κ3) is 2.95. The molecule has 1 aliphatic heterocycles. The molecule has 2 saturated carbocycles. The molecule has 0 N–H and O–H groups in total. The SMILES string of the molecule is O=C(COC(=O)c1ccc(N2C(=O)[C@H]3[C@H]4CC[C@@H](C4)[C@@H]3C2=O)cc1)c1ccccc1. The first kappa shape index (κ1) is 18.7. The molecular weight excluding hydrogens is 382 g/mol. The Hall–Kier alpha value is -3.28. The first-order chi connectivity index (χ1) is 14.5. The van der Waals surface area contributed by atoms with Crippen LogP contribution in [0, 0.1) is 23.7 Å². The van der Waals surface area contributed by atoms with E-state index in [0.29, 0.717) is 23.1 Å². The summed E-state index contributed by atoms with van der Waals surface area (Å²) in [5.74, 6) is -0.817. The summed E-state index contributed by atoms with van der Waals surface area (Å²) in [5, 5.41) is 0. The first-order valence-electron chi connectivity index (χ1n) is 10.3. The van der Waals surface area contributed by atoms with Gasteiger partial charge in [-0.1, -0.05) is 30.3 Å². The second kappa shape index (κ2) is 7.20. The van der Waals surface area contributed by atoms with Crippen LogP contribution in [-0.2, 0) is 14.3 Å². The van der Waals surface area contributed by atoms with Gasteiger partial charge in [-0.3, -0.25) is 19.3 Å². The Morgan fingerprint density at radius 3 is 2.03 bits per heavy atom. The highest BCUT2D eigenvalue weighted by molar-refractivity contribution is 6.22. The lowest BCUT2D eigenvalue weighted by atomic mass is 9.81. The highest BCUT2D eigenvalue weighted by Gasteiger charge is 2.61. The Bertz CT molecular complexity index is 1000. The van der Waals surface area contributed by atoms with Crippen molar-refractivity contribution in [1.82, 2.24) is 0 Å². The summed E-state index contributed by atoms with van der Waals surface area (Å²) >= 11 is 0. The molecule has 0 spiro atoms. The second-order valence-corrected chi connectivity index (χ2v) is 8.31. The number of ketones is 1. The highest BCUT2D eigenvalue weighted by atomic mass is 16.5. The van der Waals surface area contributed by atoms with Crippen molar-refractivity contribution in [2.24, 2.45) is 23.7 Å². The van der Waals surface area contributed by atoms with Crippen LogP contribution in [0.25, 0.3) is 0 Å². The van der Waals surface area contributed by atoms with E-state index in [1.807, 2.05) is 0 Å². The number of esters is 1. The predicted molar refractivity (Wildman–Crippen MR) is 108 cm³/mol. The first-order valence-corrected chi connectivity index (χ1v) is 10.3. The lowest BCUT2D eigenvalue weighted by molar-refractivity contribution is -0.123. The molecular formula is C24H21NO5. The standard InChI is InChI=1S/C24H21NO5/c26-19(14-4-2-1-3-5-14)13-30-24(29)15-8-10-18(11-9-15)25-22(27)20-16-6-7-17(12-16)21(20)23(25)28/h1-5,8-11,16-17,20-21H,6-7,12-13H2/t16-,17-,20-,21-/m0/s1. The van der Waals surface area contributed by atoms with Crippen LogP contribution in [0.3, 0.4) is 0 Å². The molecule has 0 radical (unpaired) electrons. The van der Waals surface area contributed by atoms with Crippen molar-refractivity contribution in [2.75, 3.05) is 11.5 Å². The van der Waals surface area contributed by atoms with Gasteiger partial charge in [-0.25, -0.2) is 4.79 Å². The van der Waals surface area contributed by atoms with Gasteiger partial charge in [0.05, 0.1) is 23.1 Å². The van der Waals surface area contributed by atoms with Gasteiger partial charge in [-0.2, -0.15) is 0 Å². The molecule has 5 rings (SSSR count). The third-order valence-corrected chi connectivity index (χ3v) is 6.72. The van der Waals surface area contributed by atoms with Crippen LogP contribution < -0.4 is 4.90 Å². The van der Waals surface area contributed by atoms with Crippen molar-refractivity contribution in [1.29, 1.82) is 0 Å². The maximum absolute atomic E-state index is 12.9. The van der Waals surface area contributed by atoms with E-state index in [1.165, 1.54) is 17.0 Å².